The van der Waals surface area contributed by atoms with E-state index in [2.05, 4.69) is 59.1 Å². The predicted molar refractivity (Wildman–Crippen MR) is 102 cm³/mol. The summed E-state index contributed by atoms with van der Waals surface area (Å²) < 4.78 is 11.0. The second kappa shape index (κ2) is 6.85. The zero-order valence-corrected chi connectivity index (χ0v) is 16.9. The zero-order valence-electron chi connectivity index (χ0n) is 16.1. The smallest absolute Gasteiger partial charge is 0.126 e. The molecule has 1 heterocycles. The van der Waals surface area contributed by atoms with Crippen molar-refractivity contribution in [1.29, 1.82) is 0 Å². The van der Waals surface area contributed by atoms with Crippen LogP contribution in [0.25, 0.3) is 11.3 Å². The van der Waals surface area contributed by atoms with E-state index in [0.717, 1.165) is 22.0 Å². The summed E-state index contributed by atoms with van der Waals surface area (Å²) >= 11 is 1.64. The summed E-state index contributed by atoms with van der Waals surface area (Å²) in [6.45, 7) is 13.9. The predicted octanol–water partition coefficient (Wildman–Crippen LogP) is 5.56. The standard InChI is InChI=1S/C20H29NO2S/c1-19(2,3)14-9-13(16-12-24-17(21-16)11-22-7)10-15(18(14)23-8)20(4,5)6/h9-10,12H,11H2,1-8H3. The van der Waals surface area contributed by atoms with Gasteiger partial charge in [0.15, 0.2) is 0 Å². The minimum Gasteiger partial charge on any atom is -0.496 e. The molecular formula is C20H29NO2S. The van der Waals surface area contributed by atoms with E-state index in [-0.39, 0.29) is 10.8 Å². The van der Waals surface area contributed by atoms with Gasteiger partial charge in [-0.3, -0.25) is 0 Å². The molecule has 4 heteroatoms. The van der Waals surface area contributed by atoms with Crippen LogP contribution in [-0.2, 0) is 22.2 Å². The van der Waals surface area contributed by atoms with Gasteiger partial charge >= 0.3 is 0 Å². The molecule has 0 radical (unpaired) electrons. The van der Waals surface area contributed by atoms with Crippen molar-refractivity contribution < 1.29 is 9.47 Å². The van der Waals surface area contributed by atoms with Crippen molar-refractivity contribution in [2.75, 3.05) is 14.2 Å². The topological polar surface area (TPSA) is 31.4 Å². The highest BCUT2D eigenvalue weighted by atomic mass is 32.1. The quantitative estimate of drug-likeness (QED) is 0.725. The second-order valence-electron chi connectivity index (χ2n) is 8.16. The molecule has 132 valence electrons. The Labute approximate surface area is 150 Å². The third-order valence-corrected chi connectivity index (χ3v) is 4.85. The van der Waals surface area contributed by atoms with E-state index >= 15 is 0 Å². The fraction of sp³-hybridized carbons (Fsp3) is 0.550. The number of hydrogen-bond donors (Lipinski definition) is 0. The summed E-state index contributed by atoms with van der Waals surface area (Å²) in [7, 11) is 3.46. The van der Waals surface area contributed by atoms with Crippen LogP contribution in [0.3, 0.4) is 0 Å². The maximum absolute atomic E-state index is 5.83. The summed E-state index contributed by atoms with van der Waals surface area (Å²) in [5, 5.41) is 3.10. The van der Waals surface area contributed by atoms with Gasteiger partial charge in [-0.15, -0.1) is 11.3 Å². The highest BCUT2D eigenvalue weighted by molar-refractivity contribution is 7.09. The summed E-state index contributed by atoms with van der Waals surface area (Å²) in [6.07, 6.45) is 0. The fourth-order valence-corrected chi connectivity index (χ4v) is 3.52. The van der Waals surface area contributed by atoms with Gasteiger partial charge in [0, 0.05) is 29.2 Å². The van der Waals surface area contributed by atoms with Crippen molar-refractivity contribution in [3.8, 4) is 17.0 Å². The van der Waals surface area contributed by atoms with Crippen LogP contribution in [-0.4, -0.2) is 19.2 Å². The number of methoxy groups -OCH3 is 2. The van der Waals surface area contributed by atoms with Gasteiger partial charge in [-0.25, -0.2) is 4.98 Å². The van der Waals surface area contributed by atoms with Crippen molar-refractivity contribution in [3.05, 3.63) is 33.6 Å². The molecule has 24 heavy (non-hydrogen) atoms. The average Bonchev–Trinajstić information content (AvgIpc) is 2.93. The molecule has 0 atom stereocenters. The average molecular weight is 348 g/mol. The van der Waals surface area contributed by atoms with E-state index in [1.165, 1.54) is 11.1 Å². The first-order valence-corrected chi connectivity index (χ1v) is 9.12. The minimum atomic E-state index is -0.00721. The van der Waals surface area contributed by atoms with Crippen LogP contribution in [0, 0.1) is 0 Å². The van der Waals surface area contributed by atoms with Gasteiger partial charge in [0.05, 0.1) is 19.4 Å². The van der Waals surface area contributed by atoms with Crippen LogP contribution in [0.5, 0.6) is 5.75 Å². The number of nitrogens with zero attached hydrogens (tertiary/aromatic N) is 1. The lowest BCUT2D eigenvalue weighted by Gasteiger charge is -2.29. The number of benzene rings is 1. The molecular weight excluding hydrogens is 318 g/mol. The summed E-state index contributed by atoms with van der Waals surface area (Å²) in [5.74, 6) is 0.992. The summed E-state index contributed by atoms with van der Waals surface area (Å²) in [4.78, 5) is 4.72. The highest BCUT2D eigenvalue weighted by Gasteiger charge is 2.28. The van der Waals surface area contributed by atoms with E-state index in [9.17, 15) is 0 Å². The Hall–Kier alpha value is -1.39. The lowest BCUT2D eigenvalue weighted by atomic mass is 9.78. The van der Waals surface area contributed by atoms with Crippen LogP contribution in [0.4, 0.5) is 0 Å². The van der Waals surface area contributed by atoms with Gasteiger partial charge in [-0.2, -0.15) is 0 Å². The Balaban J connectivity index is 2.68. The van der Waals surface area contributed by atoms with E-state index in [1.54, 1.807) is 25.6 Å². The van der Waals surface area contributed by atoms with Crippen LogP contribution < -0.4 is 4.74 Å². The van der Waals surface area contributed by atoms with Gasteiger partial charge in [0.1, 0.15) is 10.8 Å². The number of ether oxygens (including phenoxy) is 2. The Morgan fingerprint density at radius 1 is 0.958 bits per heavy atom. The number of hydrogen-bond acceptors (Lipinski definition) is 4. The normalized spacial score (nSPS) is 12.5. The second-order valence-corrected chi connectivity index (χ2v) is 9.11. The zero-order chi connectivity index (χ0) is 18.1. The molecule has 0 amide bonds. The minimum absolute atomic E-state index is 0.00721. The first-order valence-electron chi connectivity index (χ1n) is 8.24. The summed E-state index contributed by atoms with van der Waals surface area (Å²) in [6, 6.07) is 4.44. The molecule has 1 aromatic heterocycles. The van der Waals surface area contributed by atoms with Gasteiger partial charge in [-0.05, 0) is 23.0 Å². The number of rotatable bonds is 4. The van der Waals surface area contributed by atoms with Crippen molar-refractivity contribution in [3.63, 3.8) is 0 Å². The van der Waals surface area contributed by atoms with Crippen LogP contribution in [0.15, 0.2) is 17.5 Å². The van der Waals surface area contributed by atoms with Gasteiger partial charge in [0.2, 0.25) is 0 Å². The molecule has 0 saturated carbocycles. The molecule has 0 aliphatic heterocycles. The molecule has 0 N–H and O–H groups in total. The Bertz CT molecular complexity index is 670. The first kappa shape index (κ1) is 18.9. The molecule has 0 unspecified atom stereocenters. The first-order chi connectivity index (χ1) is 11.1. The van der Waals surface area contributed by atoms with Gasteiger partial charge in [-0.1, -0.05) is 41.5 Å². The van der Waals surface area contributed by atoms with Crippen molar-refractivity contribution in [1.82, 2.24) is 4.98 Å². The van der Waals surface area contributed by atoms with E-state index in [1.807, 2.05) is 0 Å². The lowest BCUT2D eigenvalue weighted by Crippen LogP contribution is -2.19. The third kappa shape index (κ3) is 3.98. The van der Waals surface area contributed by atoms with Crippen molar-refractivity contribution in [2.45, 2.75) is 59.0 Å². The molecule has 2 rings (SSSR count). The maximum Gasteiger partial charge on any atom is 0.126 e. The third-order valence-electron chi connectivity index (χ3n) is 4.02. The monoisotopic (exact) mass is 347 g/mol. The molecule has 1 aromatic carbocycles. The summed E-state index contributed by atoms with van der Waals surface area (Å²) in [5.41, 5.74) is 4.57. The Morgan fingerprint density at radius 2 is 1.50 bits per heavy atom. The fourth-order valence-electron chi connectivity index (χ4n) is 2.74. The molecule has 0 bridgehead atoms. The van der Waals surface area contributed by atoms with E-state index in [4.69, 9.17) is 14.5 Å². The lowest BCUT2D eigenvalue weighted by molar-refractivity contribution is 0.184. The number of aromatic nitrogens is 1. The van der Waals surface area contributed by atoms with Crippen LogP contribution in [0.2, 0.25) is 0 Å². The van der Waals surface area contributed by atoms with Crippen molar-refractivity contribution >= 4 is 11.3 Å². The van der Waals surface area contributed by atoms with E-state index < -0.39 is 0 Å². The number of thiazole rings is 1. The molecule has 3 nitrogen and oxygen atoms in total. The molecule has 2 aromatic rings. The molecule has 0 aliphatic carbocycles. The van der Waals surface area contributed by atoms with E-state index in [0.29, 0.717) is 6.61 Å². The SMILES string of the molecule is COCc1nc(-c2cc(C(C)(C)C)c(OC)c(C(C)(C)C)c2)cs1. The van der Waals surface area contributed by atoms with Crippen molar-refractivity contribution in [2.24, 2.45) is 0 Å². The van der Waals surface area contributed by atoms with Gasteiger partial charge in [0.25, 0.3) is 0 Å². The largest absolute Gasteiger partial charge is 0.496 e. The Morgan fingerprint density at radius 3 is 1.92 bits per heavy atom. The van der Waals surface area contributed by atoms with Gasteiger partial charge < -0.3 is 9.47 Å². The van der Waals surface area contributed by atoms with Crippen LogP contribution >= 0.6 is 11.3 Å². The van der Waals surface area contributed by atoms with Crippen LogP contribution in [0.1, 0.15) is 57.7 Å². The molecule has 0 spiro atoms. The molecule has 0 fully saturated rings. The highest BCUT2D eigenvalue weighted by Crippen LogP contribution is 2.42. The molecule has 0 aliphatic rings. The maximum atomic E-state index is 5.83. The Kier molecular flexibility index (Phi) is 5.41. The molecule has 0 saturated heterocycles.